The molecule has 2 aromatic rings. The van der Waals surface area contributed by atoms with E-state index in [1.54, 1.807) is 6.07 Å². The average molecular weight is 418 g/mol. The summed E-state index contributed by atoms with van der Waals surface area (Å²) in [4.78, 5) is 2.28. The molecule has 2 aliphatic heterocycles. The molecule has 1 saturated heterocycles. The molecule has 2 aromatic carbocycles. The lowest BCUT2D eigenvalue weighted by atomic mass is 9.46. The van der Waals surface area contributed by atoms with E-state index < -0.39 is 17.1 Å². The number of likely N-dealkylation sites (tertiary alicyclic amines) is 1. The first-order chi connectivity index (χ1) is 15.0. The molecule has 2 fully saturated rings. The maximum atomic E-state index is 12.4. The van der Waals surface area contributed by atoms with Crippen LogP contribution in [0.1, 0.15) is 35.4 Å². The minimum absolute atomic E-state index is 0.103. The van der Waals surface area contributed by atoms with Crippen molar-refractivity contribution >= 4 is 5.71 Å². The van der Waals surface area contributed by atoms with Crippen LogP contribution in [0.3, 0.4) is 0 Å². The van der Waals surface area contributed by atoms with E-state index in [2.05, 4.69) is 16.6 Å². The van der Waals surface area contributed by atoms with Crippen LogP contribution in [-0.2, 0) is 11.8 Å². The molecule has 1 unspecified atom stereocenters. The van der Waals surface area contributed by atoms with Crippen molar-refractivity contribution in [1.29, 1.82) is 0 Å². The van der Waals surface area contributed by atoms with E-state index in [1.165, 1.54) is 0 Å². The Balaban J connectivity index is 1.63. The number of aromatic hydroxyl groups is 1. The zero-order chi connectivity index (χ0) is 21.4. The summed E-state index contributed by atoms with van der Waals surface area (Å²) in [6.07, 6.45) is 3.02. The van der Waals surface area contributed by atoms with E-state index in [0.717, 1.165) is 23.2 Å². The third kappa shape index (κ3) is 2.16. The minimum atomic E-state index is -1.17. The largest absolute Gasteiger partial charge is 0.504 e. The van der Waals surface area contributed by atoms with Crippen molar-refractivity contribution in [2.45, 2.75) is 48.3 Å². The van der Waals surface area contributed by atoms with Gasteiger partial charge in [-0.05, 0) is 36.6 Å². The highest BCUT2D eigenvalue weighted by molar-refractivity contribution is 5.95. The zero-order valence-electron chi connectivity index (χ0n) is 17.2. The van der Waals surface area contributed by atoms with Crippen molar-refractivity contribution in [1.82, 2.24) is 4.90 Å². The summed E-state index contributed by atoms with van der Waals surface area (Å²) in [5.41, 5.74) is 1.74. The highest BCUT2D eigenvalue weighted by Gasteiger charge is 2.74. The maximum Gasteiger partial charge on any atom is 0.165 e. The number of phenolic OH excluding ortho intramolecular Hbond substituents is 1. The molecule has 31 heavy (non-hydrogen) atoms. The monoisotopic (exact) mass is 418 g/mol. The van der Waals surface area contributed by atoms with Gasteiger partial charge >= 0.3 is 0 Å². The van der Waals surface area contributed by atoms with Gasteiger partial charge < -0.3 is 20.2 Å². The van der Waals surface area contributed by atoms with Gasteiger partial charge in [0, 0.05) is 24.6 Å². The van der Waals surface area contributed by atoms with Crippen LogP contribution in [-0.4, -0.2) is 56.9 Å². The molecule has 6 nitrogen and oxygen atoms in total. The fraction of sp³-hybridized carbons (Fsp3) is 0.400. The second-order valence-electron chi connectivity index (χ2n) is 9.29. The summed E-state index contributed by atoms with van der Waals surface area (Å²) in [7, 11) is 0. The Bertz CT molecular complexity index is 1100. The van der Waals surface area contributed by atoms with Crippen LogP contribution in [0, 0.1) is 0 Å². The van der Waals surface area contributed by atoms with Gasteiger partial charge in [-0.25, -0.2) is 0 Å². The highest BCUT2D eigenvalue weighted by Crippen LogP contribution is 2.67. The third-order valence-electron chi connectivity index (χ3n) is 8.13. The number of hydrogen-bond donors (Lipinski definition) is 3. The van der Waals surface area contributed by atoms with Gasteiger partial charge in [-0.3, -0.25) is 4.90 Å². The van der Waals surface area contributed by atoms with Crippen molar-refractivity contribution in [3.63, 3.8) is 0 Å². The van der Waals surface area contributed by atoms with E-state index in [-0.39, 0.29) is 24.1 Å². The molecular formula is C25H26N2O4. The van der Waals surface area contributed by atoms with Crippen molar-refractivity contribution in [3.8, 4) is 11.5 Å². The number of nitrogens with zero attached hydrogens (tertiary/aromatic N) is 2. The van der Waals surface area contributed by atoms with Gasteiger partial charge in [0.1, 0.15) is 6.10 Å². The predicted octanol–water partition coefficient (Wildman–Crippen LogP) is 2.96. The molecule has 1 saturated carbocycles. The Labute approximate surface area is 181 Å². The van der Waals surface area contributed by atoms with Crippen LogP contribution in [0.5, 0.6) is 11.5 Å². The number of aliphatic hydroxyl groups is 1. The number of hydrogen-bond acceptors (Lipinski definition) is 6. The molecule has 6 rings (SSSR count). The van der Waals surface area contributed by atoms with E-state index in [0.29, 0.717) is 30.8 Å². The minimum Gasteiger partial charge on any atom is -0.504 e. The van der Waals surface area contributed by atoms with Gasteiger partial charge in [0.2, 0.25) is 0 Å². The standard InChI is InChI=1S/C25H26N2O4/c1-2-11-27-12-10-24-21-16-8-9-18(28)22(21)31-23(24)20(15-6-4-3-5-7-15)17(26-30)14-25(24,29)19(27)13-16/h2-9,19-20,23,28-30H,1,10-14H2/t19-,20?,23+,24+,25-/m1/s1. The molecule has 4 aliphatic rings. The SMILES string of the molecule is C=CCN1CC[C@]23c4c5ccc(O)c4O[C@H]2C(c2ccccc2)C(=NO)C[C@@]3(O)[C@H]1C5. The molecule has 0 amide bonds. The topological polar surface area (TPSA) is 85.5 Å². The molecule has 0 aromatic heterocycles. The number of oxime groups is 1. The normalized spacial score (nSPS) is 36.7. The number of ether oxygens (including phenoxy) is 1. The summed E-state index contributed by atoms with van der Waals surface area (Å²) in [5.74, 6) is 0.277. The molecule has 6 heteroatoms. The lowest BCUT2D eigenvalue weighted by molar-refractivity contribution is -0.167. The second-order valence-corrected chi connectivity index (χ2v) is 9.29. The molecule has 2 aliphatic carbocycles. The zero-order valence-corrected chi connectivity index (χ0v) is 17.2. The van der Waals surface area contributed by atoms with Crippen molar-refractivity contribution in [3.05, 3.63) is 71.8 Å². The first-order valence-electron chi connectivity index (χ1n) is 10.9. The average Bonchev–Trinajstić information content (AvgIpc) is 3.12. The number of piperidine rings is 1. The van der Waals surface area contributed by atoms with E-state index in [1.807, 2.05) is 42.5 Å². The lowest BCUT2D eigenvalue weighted by Gasteiger charge is -2.64. The quantitative estimate of drug-likeness (QED) is 0.405. The van der Waals surface area contributed by atoms with Gasteiger partial charge in [-0.1, -0.05) is 47.6 Å². The molecule has 0 radical (unpaired) electrons. The maximum absolute atomic E-state index is 12.4. The van der Waals surface area contributed by atoms with Gasteiger partial charge in [0.15, 0.2) is 11.5 Å². The summed E-state index contributed by atoms with van der Waals surface area (Å²) >= 11 is 0. The van der Waals surface area contributed by atoms with Crippen molar-refractivity contribution in [2.75, 3.05) is 13.1 Å². The Hall–Kier alpha value is -2.83. The van der Waals surface area contributed by atoms with Crippen molar-refractivity contribution < 1.29 is 20.2 Å². The van der Waals surface area contributed by atoms with Gasteiger partial charge in [0.05, 0.1) is 22.6 Å². The molecule has 1 spiro atoms. The van der Waals surface area contributed by atoms with E-state index in [4.69, 9.17) is 4.74 Å². The Morgan fingerprint density at radius 2 is 2.03 bits per heavy atom. The fourth-order valence-electron chi connectivity index (χ4n) is 6.99. The first-order valence-corrected chi connectivity index (χ1v) is 10.9. The Morgan fingerprint density at radius 1 is 1.23 bits per heavy atom. The smallest absolute Gasteiger partial charge is 0.165 e. The fourth-order valence-corrected chi connectivity index (χ4v) is 6.99. The highest BCUT2D eigenvalue weighted by atomic mass is 16.5. The number of rotatable bonds is 3. The van der Waals surface area contributed by atoms with E-state index >= 15 is 0 Å². The number of phenols is 1. The van der Waals surface area contributed by atoms with Crippen LogP contribution >= 0.6 is 0 Å². The number of benzene rings is 2. The molecule has 5 atom stereocenters. The van der Waals surface area contributed by atoms with Crippen LogP contribution in [0.2, 0.25) is 0 Å². The molecule has 2 heterocycles. The van der Waals surface area contributed by atoms with Gasteiger partial charge in [-0.2, -0.15) is 0 Å². The van der Waals surface area contributed by atoms with E-state index in [9.17, 15) is 15.4 Å². The van der Waals surface area contributed by atoms with Crippen LogP contribution < -0.4 is 4.74 Å². The van der Waals surface area contributed by atoms with Crippen molar-refractivity contribution in [2.24, 2.45) is 5.16 Å². The van der Waals surface area contributed by atoms with Crippen LogP contribution in [0.25, 0.3) is 0 Å². The summed E-state index contributed by atoms with van der Waals surface area (Å²) < 4.78 is 6.53. The van der Waals surface area contributed by atoms with Gasteiger partial charge in [0.25, 0.3) is 0 Å². The third-order valence-corrected chi connectivity index (χ3v) is 8.13. The first kappa shape index (κ1) is 18.9. The Kier molecular flexibility index (Phi) is 3.87. The van der Waals surface area contributed by atoms with Crippen LogP contribution in [0.15, 0.2) is 60.3 Å². The summed E-state index contributed by atoms with van der Waals surface area (Å²) in [5, 5.41) is 36.8. The lowest BCUT2D eigenvalue weighted by Crippen LogP contribution is -2.77. The molecule has 3 N–H and O–H groups in total. The molecule has 160 valence electrons. The van der Waals surface area contributed by atoms with Crippen LogP contribution in [0.4, 0.5) is 0 Å². The van der Waals surface area contributed by atoms with Gasteiger partial charge in [-0.15, -0.1) is 6.58 Å². The predicted molar refractivity (Wildman–Crippen MR) is 116 cm³/mol. The second kappa shape index (κ2) is 6.34. The summed E-state index contributed by atoms with van der Waals surface area (Å²) in [6.45, 7) is 5.39. The summed E-state index contributed by atoms with van der Waals surface area (Å²) in [6, 6.07) is 13.4. The Morgan fingerprint density at radius 3 is 2.77 bits per heavy atom. The molecular weight excluding hydrogens is 392 g/mol. The molecule has 2 bridgehead atoms.